The number of carboxylic acids is 2. The van der Waals surface area contributed by atoms with Crippen LogP contribution in [-0.4, -0.2) is 42.2 Å². The van der Waals surface area contributed by atoms with Gasteiger partial charge in [-0.15, -0.1) is 0 Å². The van der Waals surface area contributed by atoms with Gasteiger partial charge in [-0.1, -0.05) is 12.1 Å². The Morgan fingerprint density at radius 3 is 1.67 bits per heavy atom. The molecule has 8 heteroatoms. The van der Waals surface area contributed by atoms with Crippen LogP contribution < -0.4 is 18.9 Å². The van der Waals surface area contributed by atoms with Crippen LogP contribution in [0.3, 0.4) is 0 Å². The van der Waals surface area contributed by atoms with Crippen molar-refractivity contribution in [3.63, 3.8) is 0 Å². The summed E-state index contributed by atoms with van der Waals surface area (Å²) in [5.74, 6) is -1.07. The van der Waals surface area contributed by atoms with E-state index >= 15 is 0 Å². The highest BCUT2D eigenvalue weighted by Gasteiger charge is 2.27. The molecule has 2 aliphatic heterocycles. The molecule has 0 amide bonds. The molecule has 0 saturated heterocycles. The Balaban J connectivity index is 1.89. The van der Waals surface area contributed by atoms with E-state index < -0.39 is 11.9 Å². The van der Waals surface area contributed by atoms with E-state index in [1.165, 1.54) is 24.3 Å². The van der Waals surface area contributed by atoms with Gasteiger partial charge in [-0.3, -0.25) is 0 Å². The molecule has 0 aromatic heterocycles. The number of fused-ring (bicyclic) bond motifs is 2. The van der Waals surface area contributed by atoms with Crippen molar-refractivity contribution in [1.82, 2.24) is 0 Å². The molecule has 2 aromatic rings. The van der Waals surface area contributed by atoms with Crippen LogP contribution >= 0.6 is 0 Å². The molecule has 0 radical (unpaired) electrons. The number of rotatable bonds is 4. The fourth-order valence-corrected chi connectivity index (χ4v) is 3.00. The van der Waals surface area contributed by atoms with Gasteiger partial charge in [0.2, 0.25) is 6.79 Å². The van der Waals surface area contributed by atoms with E-state index in [1.807, 2.05) is 0 Å². The molecule has 0 spiro atoms. The lowest BCUT2D eigenvalue weighted by atomic mass is 9.94. The summed E-state index contributed by atoms with van der Waals surface area (Å²) >= 11 is 0. The lowest BCUT2D eigenvalue weighted by Crippen LogP contribution is -2.16. The van der Waals surface area contributed by atoms with E-state index in [2.05, 4.69) is 0 Å². The lowest BCUT2D eigenvalue weighted by molar-refractivity contribution is -0.132. The predicted octanol–water partition coefficient (Wildman–Crippen LogP) is 2.27. The minimum absolute atomic E-state index is 0.0266. The number of hydrogen-bond acceptors (Lipinski definition) is 6. The number of benzene rings is 2. The zero-order valence-electron chi connectivity index (χ0n) is 13.9. The Bertz CT molecular complexity index is 976. The molecule has 8 nitrogen and oxygen atoms in total. The van der Waals surface area contributed by atoms with Crippen molar-refractivity contribution < 1.29 is 38.7 Å². The van der Waals surface area contributed by atoms with E-state index in [0.717, 1.165) is 0 Å². The number of aliphatic carboxylic acids is 2. The first-order chi connectivity index (χ1) is 13.0. The SMILES string of the molecule is O=C(O)C(=C(C(=O)O)c1ccc2c(c1)OCO2)c1ccc2c(c1)OCCO2. The maximum absolute atomic E-state index is 12.0. The smallest absolute Gasteiger partial charge is 0.337 e. The van der Waals surface area contributed by atoms with Gasteiger partial charge in [-0.05, 0) is 35.4 Å². The molecule has 27 heavy (non-hydrogen) atoms. The van der Waals surface area contributed by atoms with Gasteiger partial charge in [0.15, 0.2) is 23.0 Å². The van der Waals surface area contributed by atoms with Gasteiger partial charge in [0.05, 0.1) is 11.1 Å². The first-order valence-corrected chi connectivity index (χ1v) is 8.05. The monoisotopic (exact) mass is 370 g/mol. The average molecular weight is 370 g/mol. The third-order valence-electron chi connectivity index (χ3n) is 4.17. The molecule has 138 valence electrons. The van der Waals surface area contributed by atoms with Gasteiger partial charge in [0.25, 0.3) is 0 Å². The van der Waals surface area contributed by atoms with E-state index in [4.69, 9.17) is 18.9 Å². The van der Waals surface area contributed by atoms with Crippen LogP contribution in [0.25, 0.3) is 11.1 Å². The second-order valence-corrected chi connectivity index (χ2v) is 5.79. The number of carboxylic acid groups (broad SMARTS) is 2. The minimum atomic E-state index is -1.37. The topological polar surface area (TPSA) is 112 Å². The van der Waals surface area contributed by atoms with Crippen LogP contribution in [0.5, 0.6) is 23.0 Å². The number of carbonyl (C=O) groups is 2. The highest BCUT2D eigenvalue weighted by atomic mass is 16.7. The Hall–Kier alpha value is -3.68. The van der Waals surface area contributed by atoms with Crippen LogP contribution in [0.15, 0.2) is 36.4 Å². The summed E-state index contributed by atoms with van der Waals surface area (Å²) in [5.41, 5.74) is -0.336. The quantitative estimate of drug-likeness (QED) is 0.623. The summed E-state index contributed by atoms with van der Waals surface area (Å²) < 4.78 is 21.4. The molecule has 2 heterocycles. The second-order valence-electron chi connectivity index (χ2n) is 5.79. The zero-order chi connectivity index (χ0) is 19.0. The predicted molar refractivity (Wildman–Crippen MR) is 92.1 cm³/mol. The van der Waals surface area contributed by atoms with Crippen LogP contribution in [0, 0.1) is 0 Å². The van der Waals surface area contributed by atoms with E-state index in [-0.39, 0.29) is 29.1 Å². The van der Waals surface area contributed by atoms with Crippen molar-refractivity contribution in [2.45, 2.75) is 0 Å². The summed E-state index contributed by atoms with van der Waals surface area (Å²) in [5, 5.41) is 19.5. The molecular formula is C19H14O8. The molecular weight excluding hydrogens is 356 g/mol. The minimum Gasteiger partial charge on any atom is -0.486 e. The van der Waals surface area contributed by atoms with Crippen LogP contribution in [-0.2, 0) is 9.59 Å². The van der Waals surface area contributed by atoms with Crippen LogP contribution in [0.2, 0.25) is 0 Å². The summed E-state index contributed by atoms with van der Waals surface area (Å²) in [6.45, 7) is 0.751. The molecule has 0 unspecified atom stereocenters. The molecule has 2 aliphatic rings. The molecule has 0 bridgehead atoms. The Morgan fingerprint density at radius 2 is 1.11 bits per heavy atom. The first kappa shape index (κ1) is 16.8. The van der Waals surface area contributed by atoms with Gasteiger partial charge in [-0.25, -0.2) is 9.59 Å². The molecule has 2 aromatic carbocycles. The molecule has 4 rings (SSSR count). The van der Waals surface area contributed by atoms with Crippen molar-refractivity contribution in [2.75, 3.05) is 20.0 Å². The summed E-state index contributed by atoms with van der Waals surface area (Å²) in [6.07, 6.45) is 0. The summed E-state index contributed by atoms with van der Waals surface area (Å²) in [6, 6.07) is 9.00. The molecule has 2 N–H and O–H groups in total. The Kier molecular flexibility index (Phi) is 4.08. The van der Waals surface area contributed by atoms with E-state index in [1.54, 1.807) is 12.1 Å². The van der Waals surface area contributed by atoms with Gasteiger partial charge in [0, 0.05) is 0 Å². The van der Waals surface area contributed by atoms with E-state index in [9.17, 15) is 19.8 Å². The Labute approximate surface area is 153 Å². The fourth-order valence-electron chi connectivity index (χ4n) is 3.00. The van der Waals surface area contributed by atoms with Crippen molar-refractivity contribution in [2.24, 2.45) is 0 Å². The van der Waals surface area contributed by atoms with Crippen LogP contribution in [0.4, 0.5) is 0 Å². The lowest BCUT2D eigenvalue weighted by Gasteiger charge is -2.19. The highest BCUT2D eigenvalue weighted by Crippen LogP contribution is 2.38. The van der Waals surface area contributed by atoms with Gasteiger partial charge >= 0.3 is 11.9 Å². The van der Waals surface area contributed by atoms with Gasteiger partial charge in [0.1, 0.15) is 13.2 Å². The Morgan fingerprint density at radius 1 is 0.667 bits per heavy atom. The maximum Gasteiger partial charge on any atom is 0.337 e. The van der Waals surface area contributed by atoms with Crippen molar-refractivity contribution in [3.05, 3.63) is 47.5 Å². The third-order valence-corrected chi connectivity index (χ3v) is 4.17. The third kappa shape index (κ3) is 3.01. The second kappa shape index (κ2) is 6.56. The van der Waals surface area contributed by atoms with Crippen molar-refractivity contribution in [3.8, 4) is 23.0 Å². The summed E-state index contributed by atoms with van der Waals surface area (Å²) in [7, 11) is 0. The fraction of sp³-hybridized carbons (Fsp3) is 0.158. The van der Waals surface area contributed by atoms with Crippen LogP contribution in [0.1, 0.15) is 11.1 Å². The van der Waals surface area contributed by atoms with Gasteiger partial charge < -0.3 is 29.2 Å². The highest BCUT2D eigenvalue weighted by molar-refractivity contribution is 6.36. The standard InChI is InChI=1S/C19H14O8/c20-18(21)16(10-1-3-12-14(7-10)25-6-5-24-12)17(19(22)23)11-2-4-13-15(8-11)27-9-26-13/h1-4,7-8H,5-6,9H2,(H,20,21)(H,22,23). The zero-order valence-corrected chi connectivity index (χ0v) is 13.9. The average Bonchev–Trinajstić information content (AvgIpc) is 3.12. The first-order valence-electron chi connectivity index (χ1n) is 8.05. The molecule has 0 fully saturated rings. The molecule has 0 atom stereocenters. The normalized spacial score (nSPS) is 15.1. The maximum atomic E-state index is 12.0. The molecule has 0 saturated carbocycles. The van der Waals surface area contributed by atoms with Gasteiger partial charge in [-0.2, -0.15) is 0 Å². The van der Waals surface area contributed by atoms with Crippen molar-refractivity contribution in [1.29, 1.82) is 0 Å². The molecule has 0 aliphatic carbocycles. The van der Waals surface area contributed by atoms with E-state index in [0.29, 0.717) is 36.2 Å². The number of hydrogen-bond donors (Lipinski definition) is 2. The van der Waals surface area contributed by atoms with Crippen molar-refractivity contribution >= 4 is 23.1 Å². The number of ether oxygens (including phenoxy) is 4. The largest absolute Gasteiger partial charge is 0.486 e. The summed E-state index contributed by atoms with van der Waals surface area (Å²) in [4.78, 5) is 23.9.